The molecule has 2 aliphatic rings. The van der Waals surface area contributed by atoms with Crippen LogP contribution < -0.4 is 0 Å². The second-order valence-corrected chi connectivity index (χ2v) is 9.76. The molecule has 1 saturated heterocycles. The molecule has 6 rings (SSSR count). The standard InChI is InChI=1S/C25H25N3S/c1-16-5-4-10-28(16)21-12-19(13-21)25-27-23-9-8-17(14-24(23)29-25)20-11-18-6-2-3-7-22(18)26-15-20/h2-3,6-9,11,14-16,19,21H,4-5,10,12-13H2,1H3/t16-,19?,21?/m0/s1. The predicted molar refractivity (Wildman–Crippen MR) is 122 cm³/mol. The van der Waals surface area contributed by atoms with Crippen molar-refractivity contribution < 1.29 is 0 Å². The molecule has 1 saturated carbocycles. The average Bonchev–Trinajstić information content (AvgIpc) is 3.32. The third kappa shape index (κ3) is 3.06. The first-order valence-corrected chi connectivity index (χ1v) is 11.6. The van der Waals surface area contributed by atoms with Crippen molar-refractivity contribution in [2.45, 2.75) is 50.6 Å². The van der Waals surface area contributed by atoms with Gasteiger partial charge in [-0.25, -0.2) is 4.98 Å². The zero-order valence-electron chi connectivity index (χ0n) is 16.7. The fourth-order valence-corrected chi connectivity index (χ4v) is 6.22. The van der Waals surface area contributed by atoms with Crippen molar-refractivity contribution in [1.82, 2.24) is 14.9 Å². The molecule has 146 valence electrons. The van der Waals surface area contributed by atoms with Gasteiger partial charge in [0.05, 0.1) is 20.7 Å². The minimum absolute atomic E-state index is 0.649. The highest BCUT2D eigenvalue weighted by atomic mass is 32.1. The second-order valence-electron chi connectivity index (χ2n) is 8.70. The maximum atomic E-state index is 4.98. The lowest BCUT2D eigenvalue weighted by atomic mass is 9.79. The molecular formula is C25H25N3S. The van der Waals surface area contributed by atoms with Crippen molar-refractivity contribution in [3.8, 4) is 11.1 Å². The number of nitrogens with zero attached hydrogens (tertiary/aromatic N) is 3. The summed E-state index contributed by atoms with van der Waals surface area (Å²) in [7, 11) is 0. The van der Waals surface area contributed by atoms with Gasteiger partial charge < -0.3 is 0 Å². The molecule has 4 heteroatoms. The van der Waals surface area contributed by atoms with Gasteiger partial charge in [0.1, 0.15) is 0 Å². The summed E-state index contributed by atoms with van der Waals surface area (Å²) in [5.41, 5.74) is 4.58. The van der Waals surface area contributed by atoms with E-state index in [1.165, 1.54) is 58.4 Å². The van der Waals surface area contributed by atoms with Crippen LogP contribution in [-0.4, -0.2) is 33.5 Å². The average molecular weight is 400 g/mol. The monoisotopic (exact) mass is 399 g/mol. The van der Waals surface area contributed by atoms with Gasteiger partial charge in [-0.15, -0.1) is 11.3 Å². The fourth-order valence-electron chi connectivity index (χ4n) is 5.08. The summed E-state index contributed by atoms with van der Waals surface area (Å²) >= 11 is 1.89. The van der Waals surface area contributed by atoms with Crippen molar-refractivity contribution in [3.63, 3.8) is 0 Å². The van der Waals surface area contributed by atoms with E-state index in [0.29, 0.717) is 5.92 Å². The van der Waals surface area contributed by atoms with Crippen LogP contribution in [0.25, 0.3) is 32.2 Å². The van der Waals surface area contributed by atoms with E-state index in [2.05, 4.69) is 59.3 Å². The molecule has 3 heterocycles. The van der Waals surface area contributed by atoms with Gasteiger partial charge in [-0.05, 0) is 69.0 Å². The molecule has 3 nitrogen and oxygen atoms in total. The van der Waals surface area contributed by atoms with Crippen LogP contribution in [0.2, 0.25) is 0 Å². The molecule has 0 amide bonds. The number of hydrogen-bond donors (Lipinski definition) is 0. The van der Waals surface area contributed by atoms with Crippen molar-refractivity contribution >= 4 is 32.5 Å². The third-order valence-electron chi connectivity index (χ3n) is 6.86. The quantitative estimate of drug-likeness (QED) is 0.408. The Bertz CT molecular complexity index is 1190. The van der Waals surface area contributed by atoms with Crippen molar-refractivity contribution in [3.05, 3.63) is 59.7 Å². The van der Waals surface area contributed by atoms with Gasteiger partial charge in [-0.1, -0.05) is 24.3 Å². The zero-order valence-corrected chi connectivity index (χ0v) is 17.5. The normalized spacial score (nSPS) is 24.9. The summed E-state index contributed by atoms with van der Waals surface area (Å²) in [5.74, 6) is 0.649. The first-order chi connectivity index (χ1) is 14.2. The van der Waals surface area contributed by atoms with Crippen LogP contribution in [0.4, 0.5) is 0 Å². The minimum atomic E-state index is 0.649. The number of pyridine rings is 1. The van der Waals surface area contributed by atoms with E-state index >= 15 is 0 Å². The number of rotatable bonds is 3. The highest BCUT2D eigenvalue weighted by molar-refractivity contribution is 7.18. The zero-order chi connectivity index (χ0) is 19.4. The summed E-state index contributed by atoms with van der Waals surface area (Å²) in [6.45, 7) is 3.68. The van der Waals surface area contributed by atoms with Gasteiger partial charge in [0.15, 0.2) is 0 Å². The van der Waals surface area contributed by atoms with Crippen molar-refractivity contribution in [2.75, 3.05) is 6.54 Å². The van der Waals surface area contributed by atoms with E-state index < -0.39 is 0 Å². The highest BCUT2D eigenvalue weighted by Gasteiger charge is 2.39. The van der Waals surface area contributed by atoms with Crippen LogP contribution in [0.3, 0.4) is 0 Å². The van der Waals surface area contributed by atoms with Crippen molar-refractivity contribution in [1.29, 1.82) is 0 Å². The van der Waals surface area contributed by atoms with Crippen LogP contribution in [-0.2, 0) is 0 Å². The molecule has 29 heavy (non-hydrogen) atoms. The SMILES string of the molecule is C[C@H]1CCCN1C1CC(c2nc3ccc(-c4cnc5ccccc5c4)cc3s2)C1. The van der Waals surface area contributed by atoms with Crippen LogP contribution in [0.5, 0.6) is 0 Å². The maximum Gasteiger partial charge on any atom is 0.0970 e. The molecule has 0 bridgehead atoms. The number of benzene rings is 2. The van der Waals surface area contributed by atoms with E-state index in [0.717, 1.165) is 23.1 Å². The van der Waals surface area contributed by atoms with Crippen LogP contribution >= 0.6 is 11.3 Å². The minimum Gasteiger partial charge on any atom is -0.298 e. The Hall–Kier alpha value is -2.30. The summed E-state index contributed by atoms with van der Waals surface area (Å²) in [5, 5.41) is 2.52. The van der Waals surface area contributed by atoms with Gasteiger partial charge >= 0.3 is 0 Å². The molecule has 2 aromatic heterocycles. The first-order valence-electron chi connectivity index (χ1n) is 10.8. The molecule has 2 fully saturated rings. The van der Waals surface area contributed by atoms with Crippen LogP contribution in [0.1, 0.15) is 43.5 Å². The number of likely N-dealkylation sites (tertiary alicyclic amines) is 1. The predicted octanol–water partition coefficient (Wildman–Crippen LogP) is 6.24. The largest absolute Gasteiger partial charge is 0.298 e. The van der Waals surface area contributed by atoms with Gasteiger partial charge in [0.25, 0.3) is 0 Å². The summed E-state index contributed by atoms with van der Waals surface area (Å²) in [4.78, 5) is 12.3. The Kier molecular flexibility index (Phi) is 4.17. The molecule has 0 radical (unpaired) electrons. The lowest BCUT2D eigenvalue weighted by molar-refractivity contribution is 0.103. The number of para-hydroxylation sites is 1. The third-order valence-corrected chi connectivity index (χ3v) is 8.05. The smallest absolute Gasteiger partial charge is 0.0970 e. The lowest BCUT2D eigenvalue weighted by Gasteiger charge is -2.42. The molecule has 1 aliphatic carbocycles. The Labute approximate surface area is 175 Å². The lowest BCUT2D eigenvalue weighted by Crippen LogP contribution is -2.45. The highest BCUT2D eigenvalue weighted by Crippen LogP contribution is 2.44. The molecule has 0 spiro atoms. The van der Waals surface area contributed by atoms with E-state index in [9.17, 15) is 0 Å². The van der Waals surface area contributed by atoms with E-state index in [4.69, 9.17) is 4.98 Å². The Balaban J connectivity index is 1.25. The van der Waals surface area contributed by atoms with Crippen LogP contribution in [0.15, 0.2) is 54.7 Å². The Morgan fingerprint density at radius 1 is 1.00 bits per heavy atom. The molecule has 0 N–H and O–H groups in total. The van der Waals surface area contributed by atoms with E-state index in [-0.39, 0.29) is 0 Å². The van der Waals surface area contributed by atoms with Gasteiger partial charge in [-0.3, -0.25) is 9.88 Å². The molecule has 1 atom stereocenters. The summed E-state index contributed by atoms with van der Waals surface area (Å²) in [6.07, 6.45) is 7.29. The molecule has 4 aromatic rings. The number of fused-ring (bicyclic) bond motifs is 2. The second kappa shape index (κ2) is 6.89. The van der Waals surface area contributed by atoms with Crippen molar-refractivity contribution in [2.24, 2.45) is 0 Å². The van der Waals surface area contributed by atoms with E-state index in [1.54, 1.807) is 0 Å². The summed E-state index contributed by atoms with van der Waals surface area (Å²) < 4.78 is 1.30. The molecule has 2 aromatic carbocycles. The fraction of sp³-hybridized carbons (Fsp3) is 0.360. The van der Waals surface area contributed by atoms with Gasteiger partial charge in [0, 0.05) is 35.1 Å². The molecule has 1 aliphatic heterocycles. The topological polar surface area (TPSA) is 29.0 Å². The first kappa shape index (κ1) is 17.5. The van der Waals surface area contributed by atoms with E-state index in [1.807, 2.05) is 23.6 Å². The summed E-state index contributed by atoms with van der Waals surface area (Å²) in [6, 6.07) is 18.7. The molecular weight excluding hydrogens is 374 g/mol. The van der Waals surface area contributed by atoms with Gasteiger partial charge in [-0.2, -0.15) is 0 Å². The number of thiazole rings is 1. The molecule has 0 unspecified atom stereocenters. The Morgan fingerprint density at radius 3 is 2.76 bits per heavy atom. The maximum absolute atomic E-state index is 4.98. The number of hydrogen-bond acceptors (Lipinski definition) is 4. The van der Waals surface area contributed by atoms with Crippen LogP contribution in [0, 0.1) is 0 Å². The Morgan fingerprint density at radius 2 is 1.90 bits per heavy atom. The number of aromatic nitrogens is 2. The van der Waals surface area contributed by atoms with Gasteiger partial charge in [0.2, 0.25) is 0 Å².